The molecular formula is C30H28Cl2FIN2O4S. The number of hydrogen-bond acceptors (Lipinski definition) is 4. The number of hydrogen-bond donors (Lipinski definition) is 1. The number of carbonyl (C=O) groups is 1. The van der Waals surface area contributed by atoms with Crippen LogP contribution in [0.15, 0.2) is 95.2 Å². The number of nitrogens with zero attached hydrogens (tertiary/aromatic N) is 2. The number of phenols is 1. The Hall–Kier alpha value is -2.44. The van der Waals surface area contributed by atoms with E-state index in [0.717, 1.165) is 18.1 Å². The number of allylic oxidation sites excluding steroid dienone is 3. The van der Waals surface area contributed by atoms with Gasteiger partial charge in [-0.15, -0.1) is 0 Å². The number of rotatable bonds is 10. The topological polar surface area (TPSA) is 77.9 Å². The number of sulfonamides is 1. The molecule has 0 aliphatic heterocycles. The van der Waals surface area contributed by atoms with E-state index in [-0.39, 0.29) is 45.2 Å². The Kier molecular flexibility index (Phi) is 10.5. The molecule has 216 valence electrons. The maximum Gasteiger partial charge on any atom is 0.253 e. The minimum atomic E-state index is -4.30. The molecule has 0 saturated carbocycles. The molecule has 1 N–H and O–H groups in total. The first-order valence-corrected chi connectivity index (χ1v) is 16.2. The average molecular weight is 729 g/mol. The number of aromatic hydroxyl groups is 1. The van der Waals surface area contributed by atoms with Gasteiger partial charge in [0.05, 0.1) is 5.02 Å². The van der Waals surface area contributed by atoms with Crippen molar-refractivity contribution in [3.63, 3.8) is 0 Å². The van der Waals surface area contributed by atoms with Gasteiger partial charge in [-0.3, -0.25) is 4.79 Å². The fraction of sp³-hybridized carbons (Fsp3) is 0.233. The molecule has 0 bridgehead atoms. The summed E-state index contributed by atoms with van der Waals surface area (Å²) in [5.74, 6) is -1.03. The zero-order chi connectivity index (χ0) is 29.7. The van der Waals surface area contributed by atoms with Gasteiger partial charge in [0.2, 0.25) is 10.0 Å². The van der Waals surface area contributed by atoms with Crippen LogP contribution in [-0.4, -0.2) is 52.7 Å². The molecule has 4 rings (SSSR count). The van der Waals surface area contributed by atoms with Crippen molar-refractivity contribution in [2.75, 3.05) is 20.1 Å². The van der Waals surface area contributed by atoms with Gasteiger partial charge < -0.3 is 10.0 Å². The Balaban J connectivity index is 1.57. The molecule has 0 aromatic heterocycles. The fourth-order valence-corrected chi connectivity index (χ4v) is 7.34. The summed E-state index contributed by atoms with van der Waals surface area (Å²) in [6.07, 6.45) is 3.79. The zero-order valence-electron chi connectivity index (χ0n) is 22.1. The lowest BCUT2D eigenvalue weighted by Crippen LogP contribution is -2.34. The van der Waals surface area contributed by atoms with E-state index in [4.69, 9.17) is 23.2 Å². The number of phenolic OH excluding ortho intramolecular Hbond substituents is 1. The van der Waals surface area contributed by atoms with E-state index >= 15 is 0 Å². The third kappa shape index (κ3) is 7.90. The highest BCUT2D eigenvalue weighted by Gasteiger charge is 2.31. The number of likely N-dealkylation sites (N-methyl/N-ethyl adjacent to an activating group) is 1. The standard InChI is InChI=1S/C30H28Cl2FIN2O4S/c1-35(14-13-20-5-3-2-4-6-20)30(38)22-9-7-21(8-10-22)18-36(19-23-11-12-25(33)17-27(23)34)41(39,40)28-16-24(31)15-26(32)29(28)37/h2-12,15-16,27,37H,13-14,17-19H2,1H3. The van der Waals surface area contributed by atoms with Crippen LogP contribution in [0.25, 0.3) is 0 Å². The van der Waals surface area contributed by atoms with Gasteiger partial charge in [0.25, 0.3) is 5.91 Å². The first kappa shape index (κ1) is 31.5. The monoisotopic (exact) mass is 728 g/mol. The Morgan fingerprint density at radius 3 is 2.37 bits per heavy atom. The highest BCUT2D eigenvalue weighted by molar-refractivity contribution is 14.1. The molecule has 0 heterocycles. The maximum absolute atomic E-state index is 13.8. The van der Waals surface area contributed by atoms with Crippen molar-refractivity contribution in [3.8, 4) is 5.75 Å². The van der Waals surface area contributed by atoms with Crippen molar-refractivity contribution < 1.29 is 22.7 Å². The predicted octanol–water partition coefficient (Wildman–Crippen LogP) is 7.19. The smallest absolute Gasteiger partial charge is 0.253 e. The van der Waals surface area contributed by atoms with E-state index < -0.39 is 20.7 Å². The highest BCUT2D eigenvalue weighted by atomic mass is 127. The Morgan fingerprint density at radius 1 is 1.02 bits per heavy atom. The molecule has 0 spiro atoms. The van der Waals surface area contributed by atoms with Gasteiger partial charge >= 0.3 is 0 Å². The van der Waals surface area contributed by atoms with Gasteiger partial charge in [0.1, 0.15) is 10.7 Å². The summed E-state index contributed by atoms with van der Waals surface area (Å²) in [6, 6.07) is 19.0. The van der Waals surface area contributed by atoms with Crippen LogP contribution < -0.4 is 0 Å². The molecule has 41 heavy (non-hydrogen) atoms. The van der Waals surface area contributed by atoms with Gasteiger partial charge in [0.15, 0.2) is 5.75 Å². The molecule has 3 aromatic rings. The second kappa shape index (κ2) is 13.7. The predicted molar refractivity (Wildman–Crippen MR) is 169 cm³/mol. The van der Waals surface area contributed by atoms with E-state index in [0.29, 0.717) is 23.2 Å². The zero-order valence-corrected chi connectivity index (χ0v) is 26.6. The average Bonchev–Trinajstić information content (AvgIpc) is 2.95. The molecule has 1 unspecified atom stereocenters. The minimum absolute atomic E-state index is 0.0494. The fourth-order valence-electron chi connectivity index (χ4n) is 4.35. The van der Waals surface area contributed by atoms with E-state index in [1.165, 1.54) is 16.4 Å². The van der Waals surface area contributed by atoms with Crippen LogP contribution in [-0.2, 0) is 23.0 Å². The molecule has 6 nitrogen and oxygen atoms in total. The van der Waals surface area contributed by atoms with Crippen molar-refractivity contribution in [1.82, 2.24) is 9.21 Å². The van der Waals surface area contributed by atoms with Crippen LogP contribution in [0.2, 0.25) is 10.0 Å². The van der Waals surface area contributed by atoms with Crippen molar-refractivity contribution in [1.29, 1.82) is 0 Å². The van der Waals surface area contributed by atoms with E-state index in [1.807, 2.05) is 30.3 Å². The first-order valence-electron chi connectivity index (χ1n) is 12.7. The molecular weight excluding hydrogens is 701 g/mol. The molecule has 3 aromatic carbocycles. The summed E-state index contributed by atoms with van der Waals surface area (Å²) < 4.78 is 42.4. The van der Waals surface area contributed by atoms with Gasteiger partial charge in [-0.05, 0) is 53.5 Å². The molecule has 1 amide bonds. The molecule has 1 aliphatic carbocycles. The van der Waals surface area contributed by atoms with Gasteiger partial charge in [-0.2, -0.15) is 4.31 Å². The summed E-state index contributed by atoms with van der Waals surface area (Å²) in [5, 5.41) is 10.4. The van der Waals surface area contributed by atoms with Gasteiger partial charge in [-0.1, -0.05) is 94.3 Å². The number of carbonyl (C=O) groups excluding carboxylic acids is 1. The molecule has 0 fully saturated rings. The van der Waals surface area contributed by atoms with Crippen LogP contribution in [0.1, 0.15) is 27.9 Å². The number of benzene rings is 3. The van der Waals surface area contributed by atoms with E-state index in [1.54, 1.807) is 42.3 Å². The Morgan fingerprint density at radius 2 is 1.71 bits per heavy atom. The number of alkyl halides is 1. The van der Waals surface area contributed by atoms with Crippen molar-refractivity contribution in [3.05, 3.63) is 117 Å². The summed E-state index contributed by atoms with van der Waals surface area (Å²) in [6.45, 7) is 0.424. The normalized spacial score (nSPS) is 15.4. The Labute approximate surface area is 263 Å². The van der Waals surface area contributed by atoms with Crippen LogP contribution in [0, 0.1) is 0 Å². The third-order valence-corrected chi connectivity index (χ3v) is 10.3. The van der Waals surface area contributed by atoms with Crippen LogP contribution >= 0.6 is 45.8 Å². The van der Waals surface area contributed by atoms with E-state index in [2.05, 4.69) is 22.6 Å². The highest BCUT2D eigenvalue weighted by Crippen LogP contribution is 2.37. The minimum Gasteiger partial charge on any atom is -0.505 e. The maximum atomic E-state index is 13.8. The van der Waals surface area contributed by atoms with Crippen LogP contribution in [0.5, 0.6) is 5.75 Å². The summed E-state index contributed by atoms with van der Waals surface area (Å²) in [7, 11) is -2.56. The van der Waals surface area contributed by atoms with Crippen molar-refractivity contribution in [2.24, 2.45) is 0 Å². The van der Waals surface area contributed by atoms with Crippen LogP contribution in [0.3, 0.4) is 0 Å². The lowest BCUT2D eigenvalue weighted by Gasteiger charge is -2.27. The molecule has 1 aliphatic rings. The van der Waals surface area contributed by atoms with Crippen molar-refractivity contribution >= 4 is 61.7 Å². The first-order chi connectivity index (χ1) is 19.5. The molecule has 11 heteroatoms. The van der Waals surface area contributed by atoms with Crippen LogP contribution in [0.4, 0.5) is 4.39 Å². The van der Waals surface area contributed by atoms with Crippen molar-refractivity contribution in [2.45, 2.75) is 28.2 Å². The molecule has 1 atom stereocenters. The van der Waals surface area contributed by atoms with Gasteiger partial charge in [0, 0.05) is 47.6 Å². The lowest BCUT2D eigenvalue weighted by atomic mass is 10.0. The second-order valence-electron chi connectivity index (χ2n) is 9.69. The Bertz CT molecular complexity index is 1580. The third-order valence-electron chi connectivity index (χ3n) is 6.71. The SMILES string of the molecule is CN(CCc1ccccc1)C(=O)c1ccc(CN(CC2=CC=C(F)CC2I)S(=O)(=O)c2cc(Cl)cc(Cl)c2O)cc1. The summed E-state index contributed by atoms with van der Waals surface area (Å²) >= 11 is 14.2. The summed E-state index contributed by atoms with van der Waals surface area (Å²) in [5.41, 5.74) is 2.93. The molecule has 0 saturated heterocycles. The largest absolute Gasteiger partial charge is 0.505 e. The second-order valence-corrected chi connectivity index (χ2v) is 13.9. The number of halogens is 4. The lowest BCUT2D eigenvalue weighted by molar-refractivity contribution is 0.0796. The van der Waals surface area contributed by atoms with Gasteiger partial charge in [-0.25, -0.2) is 12.8 Å². The summed E-state index contributed by atoms with van der Waals surface area (Å²) in [4.78, 5) is 14.2. The quantitative estimate of drug-likeness (QED) is 0.177. The van der Waals surface area contributed by atoms with E-state index in [9.17, 15) is 22.7 Å². The molecule has 0 radical (unpaired) electrons. The number of amides is 1.